The predicted octanol–water partition coefficient (Wildman–Crippen LogP) is -0.0951. The molecule has 1 heterocycles. The normalized spacial score (nSPS) is 21.0. The highest BCUT2D eigenvalue weighted by molar-refractivity contribution is 8.12. The van der Waals surface area contributed by atoms with E-state index in [9.17, 15) is 4.79 Å². The lowest BCUT2D eigenvalue weighted by atomic mass is 11.1. The van der Waals surface area contributed by atoms with E-state index in [4.69, 9.17) is 0 Å². The van der Waals surface area contributed by atoms with Gasteiger partial charge in [-0.3, -0.25) is 4.79 Å². The minimum absolute atomic E-state index is 0.00926. The molecule has 0 atom stereocenters. The number of carbonyl (C=O) groups excluding carboxylic acids is 1. The largest absolute Gasteiger partial charge is 0.333 e. The van der Waals surface area contributed by atoms with Crippen LogP contribution in [0.2, 0.25) is 0 Å². The van der Waals surface area contributed by atoms with Crippen molar-refractivity contribution >= 4 is 17.2 Å². The van der Waals surface area contributed by atoms with E-state index in [0.29, 0.717) is 6.67 Å². The van der Waals surface area contributed by atoms with E-state index in [-0.39, 0.29) is 5.24 Å². The Balaban J connectivity index is 2.37. The third-order valence-corrected chi connectivity index (χ3v) is 1.09. The molecule has 6 heavy (non-hydrogen) atoms. The Bertz CT molecular complexity index is 65.9. The van der Waals surface area contributed by atoms with Crippen LogP contribution < -0.4 is 10.0 Å². The molecule has 0 aromatic carbocycles. The van der Waals surface area contributed by atoms with Gasteiger partial charge in [0.05, 0.1) is 6.67 Å². The third-order valence-electron chi connectivity index (χ3n) is 0.470. The van der Waals surface area contributed by atoms with Crippen molar-refractivity contribution in [2.45, 2.75) is 0 Å². The number of amides is 1. The predicted molar refractivity (Wildman–Crippen MR) is 24.1 cm³/mol. The first-order valence-corrected chi connectivity index (χ1v) is 2.39. The summed E-state index contributed by atoms with van der Waals surface area (Å²) in [5, 5.41) is 2.54. The molecule has 1 aliphatic heterocycles. The fourth-order valence-electron chi connectivity index (χ4n) is 0.246. The SMILES string of the molecule is O=C1NCNS1. The Morgan fingerprint density at radius 2 is 2.67 bits per heavy atom. The van der Waals surface area contributed by atoms with Crippen LogP contribution in [0.4, 0.5) is 4.79 Å². The Kier molecular flexibility index (Phi) is 0.979. The lowest BCUT2D eigenvalue weighted by Crippen LogP contribution is -2.13. The smallest absolute Gasteiger partial charge is 0.295 e. The standard InChI is InChI=1S/C2H4N2OS/c5-2-3-1-4-6-2/h4H,1H2,(H,3,5). The van der Waals surface area contributed by atoms with Crippen molar-refractivity contribution in [3.05, 3.63) is 0 Å². The van der Waals surface area contributed by atoms with Crippen LogP contribution in [0.5, 0.6) is 0 Å². The molecule has 34 valence electrons. The quantitative estimate of drug-likeness (QED) is 0.422. The van der Waals surface area contributed by atoms with Crippen LogP contribution in [0, 0.1) is 0 Å². The van der Waals surface area contributed by atoms with Gasteiger partial charge in [-0.15, -0.1) is 0 Å². The molecule has 0 radical (unpaired) electrons. The Morgan fingerprint density at radius 1 is 1.83 bits per heavy atom. The lowest BCUT2D eigenvalue weighted by molar-refractivity contribution is 0.262. The molecule has 0 bridgehead atoms. The molecule has 0 saturated carbocycles. The van der Waals surface area contributed by atoms with E-state index >= 15 is 0 Å². The summed E-state index contributed by atoms with van der Waals surface area (Å²) in [5.74, 6) is 0. The first-order chi connectivity index (χ1) is 2.89. The number of rotatable bonds is 0. The van der Waals surface area contributed by atoms with Crippen molar-refractivity contribution in [1.82, 2.24) is 10.0 Å². The van der Waals surface area contributed by atoms with Crippen molar-refractivity contribution in [2.75, 3.05) is 6.67 Å². The molecule has 1 amide bonds. The maximum atomic E-state index is 10.0. The fraction of sp³-hybridized carbons (Fsp3) is 0.500. The average molecular weight is 104 g/mol. The number of hydrogen-bond acceptors (Lipinski definition) is 3. The molecule has 0 aliphatic carbocycles. The maximum Gasteiger partial charge on any atom is 0.295 e. The summed E-state index contributed by atoms with van der Waals surface area (Å²) in [6.45, 7) is 0.601. The van der Waals surface area contributed by atoms with Gasteiger partial charge in [0.1, 0.15) is 0 Å². The first-order valence-electron chi connectivity index (χ1n) is 1.57. The topological polar surface area (TPSA) is 41.1 Å². The van der Waals surface area contributed by atoms with Gasteiger partial charge in [-0.25, -0.2) is 4.72 Å². The number of carbonyl (C=O) groups is 1. The van der Waals surface area contributed by atoms with Crippen molar-refractivity contribution < 1.29 is 4.79 Å². The van der Waals surface area contributed by atoms with Crippen molar-refractivity contribution in [3.63, 3.8) is 0 Å². The van der Waals surface area contributed by atoms with Gasteiger partial charge in [-0.1, -0.05) is 0 Å². The van der Waals surface area contributed by atoms with Crippen LogP contribution in [-0.2, 0) is 0 Å². The van der Waals surface area contributed by atoms with Crippen molar-refractivity contribution in [3.8, 4) is 0 Å². The van der Waals surface area contributed by atoms with Gasteiger partial charge in [0.2, 0.25) is 0 Å². The molecule has 0 aromatic heterocycles. The van der Waals surface area contributed by atoms with Crippen molar-refractivity contribution in [2.24, 2.45) is 0 Å². The molecule has 3 nitrogen and oxygen atoms in total. The van der Waals surface area contributed by atoms with Gasteiger partial charge in [0.15, 0.2) is 0 Å². The van der Waals surface area contributed by atoms with Gasteiger partial charge in [0.25, 0.3) is 5.24 Å². The molecular formula is C2H4N2OS. The zero-order valence-electron chi connectivity index (χ0n) is 3.02. The third kappa shape index (κ3) is 0.636. The zero-order valence-corrected chi connectivity index (χ0v) is 3.84. The van der Waals surface area contributed by atoms with Gasteiger partial charge in [-0.2, -0.15) is 0 Å². The lowest BCUT2D eigenvalue weighted by Gasteiger charge is -1.76. The molecular weight excluding hydrogens is 100 g/mol. The van der Waals surface area contributed by atoms with Crippen LogP contribution in [0.3, 0.4) is 0 Å². The summed E-state index contributed by atoms with van der Waals surface area (Å²) in [7, 11) is 0. The summed E-state index contributed by atoms with van der Waals surface area (Å²) in [6, 6.07) is 0. The molecule has 1 fully saturated rings. The van der Waals surface area contributed by atoms with Crippen LogP contribution in [0.15, 0.2) is 0 Å². The second-order valence-corrected chi connectivity index (χ2v) is 1.75. The molecule has 1 saturated heterocycles. The second-order valence-electron chi connectivity index (χ2n) is 0.887. The molecule has 1 aliphatic rings. The summed E-state index contributed by atoms with van der Waals surface area (Å²) in [5.41, 5.74) is 0. The van der Waals surface area contributed by atoms with Gasteiger partial charge in [0, 0.05) is 11.9 Å². The molecule has 0 aromatic rings. The van der Waals surface area contributed by atoms with Crippen LogP contribution in [0.25, 0.3) is 0 Å². The van der Waals surface area contributed by atoms with Crippen LogP contribution in [0.1, 0.15) is 0 Å². The Morgan fingerprint density at radius 3 is 2.83 bits per heavy atom. The second kappa shape index (κ2) is 1.49. The van der Waals surface area contributed by atoms with Crippen LogP contribution in [-0.4, -0.2) is 11.9 Å². The van der Waals surface area contributed by atoms with Crippen LogP contribution >= 0.6 is 11.9 Å². The van der Waals surface area contributed by atoms with E-state index in [1.807, 2.05) is 0 Å². The fourth-order valence-corrected chi connectivity index (χ4v) is 0.666. The maximum absolute atomic E-state index is 10.0. The Hall–Kier alpha value is -0.220. The molecule has 2 N–H and O–H groups in total. The van der Waals surface area contributed by atoms with E-state index in [2.05, 4.69) is 10.0 Å². The highest BCUT2D eigenvalue weighted by Gasteiger charge is 2.05. The van der Waals surface area contributed by atoms with Crippen molar-refractivity contribution in [1.29, 1.82) is 0 Å². The summed E-state index contributed by atoms with van der Waals surface area (Å²) < 4.78 is 2.73. The molecule has 4 heteroatoms. The zero-order chi connectivity index (χ0) is 4.41. The molecule has 1 rings (SSSR count). The van der Waals surface area contributed by atoms with Gasteiger partial charge >= 0.3 is 0 Å². The summed E-state index contributed by atoms with van der Waals surface area (Å²) >= 11 is 1.10. The Labute approximate surface area is 39.6 Å². The number of nitrogens with one attached hydrogen (secondary N) is 2. The molecule has 0 unspecified atom stereocenters. The highest BCUT2D eigenvalue weighted by atomic mass is 32.2. The summed E-state index contributed by atoms with van der Waals surface area (Å²) in [6.07, 6.45) is 0. The minimum Gasteiger partial charge on any atom is -0.333 e. The molecule has 0 spiro atoms. The van der Waals surface area contributed by atoms with E-state index < -0.39 is 0 Å². The monoisotopic (exact) mass is 104 g/mol. The van der Waals surface area contributed by atoms with E-state index in [1.54, 1.807) is 0 Å². The van der Waals surface area contributed by atoms with Gasteiger partial charge < -0.3 is 5.32 Å². The van der Waals surface area contributed by atoms with Gasteiger partial charge in [-0.05, 0) is 0 Å². The average Bonchev–Trinajstić information content (AvgIpc) is 1.86. The summed E-state index contributed by atoms with van der Waals surface area (Å²) in [4.78, 5) is 10.0. The first kappa shape index (κ1) is 3.95. The highest BCUT2D eigenvalue weighted by Crippen LogP contribution is 1.97. The number of hydrogen-bond donors (Lipinski definition) is 2. The van der Waals surface area contributed by atoms with E-state index in [1.165, 1.54) is 0 Å². The minimum atomic E-state index is 0.00926. The van der Waals surface area contributed by atoms with E-state index in [0.717, 1.165) is 11.9 Å².